The van der Waals surface area contributed by atoms with Gasteiger partial charge in [0.05, 0.1) is 0 Å². The number of hydrogen-bond acceptors (Lipinski definition) is 4. The molecule has 0 saturated carbocycles. The summed E-state index contributed by atoms with van der Waals surface area (Å²) < 4.78 is 0. The Hall–Kier alpha value is -4.80. The van der Waals surface area contributed by atoms with E-state index in [9.17, 15) is 0 Å². The molecule has 43 heavy (non-hydrogen) atoms. The fourth-order valence-corrected chi connectivity index (χ4v) is 8.21. The van der Waals surface area contributed by atoms with Crippen molar-refractivity contribution in [3.63, 3.8) is 0 Å². The lowest BCUT2D eigenvalue weighted by Crippen LogP contribution is -2.34. The van der Waals surface area contributed by atoms with Gasteiger partial charge in [0.1, 0.15) is 0 Å². The summed E-state index contributed by atoms with van der Waals surface area (Å²) in [5.41, 5.74) is 4.52. The summed E-state index contributed by atoms with van der Waals surface area (Å²) >= 11 is 1.96. The van der Waals surface area contributed by atoms with Crippen molar-refractivity contribution in [1.29, 1.82) is 0 Å². The number of aromatic nitrogens is 3. The first kappa shape index (κ1) is 24.8. The molecule has 4 aliphatic rings. The topological polar surface area (TPSA) is 38.7 Å². The molecule has 4 aromatic carbocycles. The van der Waals surface area contributed by atoms with E-state index in [-0.39, 0.29) is 0 Å². The zero-order valence-electron chi connectivity index (χ0n) is 23.3. The average molecular weight is 570 g/mol. The molecule has 0 N–H and O–H groups in total. The van der Waals surface area contributed by atoms with Crippen molar-refractivity contribution in [1.82, 2.24) is 15.0 Å². The van der Waals surface area contributed by atoms with Crippen LogP contribution in [0.3, 0.4) is 0 Å². The number of benzene rings is 4. The molecule has 0 bridgehead atoms. The van der Waals surface area contributed by atoms with E-state index < -0.39 is 0 Å². The Morgan fingerprint density at radius 3 is 2.28 bits per heavy atom. The van der Waals surface area contributed by atoms with Crippen LogP contribution in [0.4, 0.5) is 0 Å². The first-order valence-corrected chi connectivity index (χ1v) is 15.7. The SMILES string of the molecule is C1=CC2C=CC(c3nc(-c4cccc5c4=CC4Sc6ccccc6C4C=5)nc(-c4cccc5ccccc45)n3)=CC2C=C1. The highest BCUT2D eigenvalue weighted by molar-refractivity contribution is 8.00. The van der Waals surface area contributed by atoms with Gasteiger partial charge in [0.2, 0.25) is 0 Å². The Morgan fingerprint density at radius 2 is 1.33 bits per heavy atom. The summed E-state index contributed by atoms with van der Waals surface area (Å²) in [7, 11) is 0. The molecule has 1 aliphatic heterocycles. The van der Waals surface area contributed by atoms with Gasteiger partial charge >= 0.3 is 0 Å². The predicted molar refractivity (Wildman–Crippen MR) is 178 cm³/mol. The Bertz CT molecular complexity index is 2200. The first-order chi connectivity index (χ1) is 21.3. The van der Waals surface area contributed by atoms with Gasteiger partial charge in [0.25, 0.3) is 0 Å². The lowest BCUT2D eigenvalue weighted by atomic mass is 9.83. The Balaban J connectivity index is 1.25. The second kappa shape index (κ2) is 9.89. The molecule has 9 rings (SSSR count). The lowest BCUT2D eigenvalue weighted by molar-refractivity contribution is 0.662. The van der Waals surface area contributed by atoms with Crippen molar-refractivity contribution >= 4 is 40.3 Å². The highest BCUT2D eigenvalue weighted by Gasteiger charge is 2.32. The summed E-state index contributed by atoms with van der Waals surface area (Å²) in [5, 5.41) is 5.12. The summed E-state index contributed by atoms with van der Waals surface area (Å²) in [6, 6.07) is 30.1. The fraction of sp³-hybridized carbons (Fsp3) is 0.103. The molecule has 0 amide bonds. The first-order valence-electron chi connectivity index (χ1n) is 14.9. The van der Waals surface area contributed by atoms with Gasteiger partial charge in [-0.1, -0.05) is 134 Å². The van der Waals surface area contributed by atoms with Crippen molar-refractivity contribution in [2.45, 2.75) is 16.1 Å². The summed E-state index contributed by atoms with van der Waals surface area (Å²) in [4.78, 5) is 16.9. The predicted octanol–water partition coefficient (Wildman–Crippen LogP) is 7.50. The van der Waals surface area contributed by atoms with E-state index in [0.29, 0.717) is 40.5 Å². The van der Waals surface area contributed by atoms with Crippen molar-refractivity contribution in [3.8, 4) is 22.8 Å². The van der Waals surface area contributed by atoms with E-state index in [2.05, 4.69) is 140 Å². The van der Waals surface area contributed by atoms with Gasteiger partial charge in [-0.15, -0.1) is 11.8 Å². The van der Waals surface area contributed by atoms with Crippen LogP contribution in [-0.4, -0.2) is 20.2 Å². The third kappa shape index (κ3) is 4.16. The van der Waals surface area contributed by atoms with E-state index in [4.69, 9.17) is 15.0 Å². The van der Waals surface area contributed by atoms with Gasteiger partial charge in [-0.05, 0) is 32.8 Å². The molecule has 4 unspecified atom stereocenters. The van der Waals surface area contributed by atoms with Crippen LogP contribution < -0.4 is 10.4 Å². The number of fused-ring (bicyclic) bond motifs is 6. The number of nitrogens with zero attached hydrogens (tertiary/aromatic N) is 3. The zero-order chi connectivity index (χ0) is 28.3. The van der Waals surface area contributed by atoms with Crippen LogP contribution in [0, 0.1) is 11.8 Å². The van der Waals surface area contributed by atoms with E-state index in [1.54, 1.807) is 0 Å². The smallest absolute Gasteiger partial charge is 0.164 e. The summed E-state index contributed by atoms with van der Waals surface area (Å²) in [5.74, 6) is 3.18. The number of hydrogen-bond donors (Lipinski definition) is 0. The van der Waals surface area contributed by atoms with Crippen LogP contribution in [0.15, 0.2) is 132 Å². The molecular weight excluding hydrogens is 543 g/mol. The van der Waals surface area contributed by atoms with Crippen LogP contribution in [0.2, 0.25) is 0 Å². The van der Waals surface area contributed by atoms with E-state index in [1.165, 1.54) is 26.3 Å². The Morgan fingerprint density at radius 1 is 0.581 bits per heavy atom. The minimum atomic E-state index is 0.302. The van der Waals surface area contributed by atoms with Crippen molar-refractivity contribution < 1.29 is 0 Å². The maximum atomic E-state index is 5.19. The lowest BCUT2D eigenvalue weighted by Gasteiger charge is -2.23. The molecule has 0 radical (unpaired) electrons. The minimum absolute atomic E-state index is 0.302. The molecule has 0 saturated heterocycles. The zero-order valence-corrected chi connectivity index (χ0v) is 24.2. The molecule has 5 aromatic rings. The molecule has 2 heterocycles. The second-order valence-corrected chi connectivity index (χ2v) is 12.7. The van der Waals surface area contributed by atoms with Crippen LogP contribution >= 0.6 is 11.8 Å². The van der Waals surface area contributed by atoms with Crippen molar-refractivity contribution in [2.24, 2.45) is 11.8 Å². The number of rotatable bonds is 3. The number of thioether (sulfide) groups is 1. The van der Waals surface area contributed by atoms with E-state index >= 15 is 0 Å². The van der Waals surface area contributed by atoms with Gasteiger partial charge < -0.3 is 0 Å². The van der Waals surface area contributed by atoms with E-state index in [1.807, 2.05) is 11.8 Å². The molecule has 0 spiro atoms. The van der Waals surface area contributed by atoms with Gasteiger partial charge in [-0.25, -0.2) is 15.0 Å². The van der Waals surface area contributed by atoms with Crippen molar-refractivity contribution in [2.75, 3.05) is 0 Å². The van der Waals surface area contributed by atoms with Gasteiger partial charge in [0.15, 0.2) is 17.5 Å². The van der Waals surface area contributed by atoms with E-state index in [0.717, 1.165) is 22.1 Å². The van der Waals surface area contributed by atoms with Gasteiger partial charge in [0, 0.05) is 44.6 Å². The molecule has 1 aromatic heterocycles. The third-order valence-corrected chi connectivity index (χ3v) is 10.3. The largest absolute Gasteiger partial charge is 0.208 e. The highest BCUT2D eigenvalue weighted by atomic mass is 32.2. The Kier molecular flexibility index (Phi) is 5.70. The molecule has 4 atom stereocenters. The van der Waals surface area contributed by atoms with Gasteiger partial charge in [-0.2, -0.15) is 0 Å². The molecule has 204 valence electrons. The maximum absolute atomic E-state index is 5.19. The maximum Gasteiger partial charge on any atom is 0.164 e. The highest BCUT2D eigenvalue weighted by Crippen LogP contribution is 2.47. The van der Waals surface area contributed by atoms with Crippen LogP contribution in [0.1, 0.15) is 17.3 Å². The molecule has 4 heteroatoms. The summed E-state index contributed by atoms with van der Waals surface area (Å²) in [6.07, 6.45) is 20.4. The molecule has 3 aliphatic carbocycles. The molecular formula is C39H27N3S. The quantitative estimate of drug-likeness (QED) is 0.226. The van der Waals surface area contributed by atoms with Crippen LogP contribution in [0.25, 0.3) is 51.3 Å². The van der Waals surface area contributed by atoms with Gasteiger partial charge in [-0.3, -0.25) is 0 Å². The van der Waals surface area contributed by atoms with Crippen LogP contribution in [0.5, 0.6) is 0 Å². The fourth-order valence-electron chi connectivity index (χ4n) is 6.84. The monoisotopic (exact) mass is 569 g/mol. The average Bonchev–Trinajstić information content (AvgIpc) is 3.43. The standard InChI is InChI=1S/C39H27N3S/c1-2-11-26-21-28(20-19-24(26)9-1)37-40-38(31-16-7-12-25-10-3-4-14-29(25)31)42-39(41-37)32-17-8-13-27-22-34-30-15-5-6-18-35(30)43-36(34)23-33(27)32/h1-24,26,34,36H. The summed E-state index contributed by atoms with van der Waals surface area (Å²) in [6.45, 7) is 0. The van der Waals surface area contributed by atoms with Crippen LogP contribution in [-0.2, 0) is 0 Å². The second-order valence-electron chi connectivity index (χ2n) is 11.5. The molecule has 3 nitrogen and oxygen atoms in total. The minimum Gasteiger partial charge on any atom is -0.208 e. The van der Waals surface area contributed by atoms with Crippen molar-refractivity contribution in [3.05, 3.63) is 149 Å². The third-order valence-electron chi connectivity index (χ3n) is 8.98. The number of allylic oxidation sites excluding steroid dienone is 8. The normalized spacial score (nSPS) is 22.6. The molecule has 0 fully saturated rings. The Labute approximate surface area is 254 Å².